The van der Waals surface area contributed by atoms with Crippen molar-refractivity contribution in [1.29, 1.82) is 0 Å². The average molecular weight is 260 g/mol. The lowest BCUT2D eigenvalue weighted by atomic mass is 10.1. The Morgan fingerprint density at radius 1 is 1.32 bits per heavy atom. The summed E-state index contributed by atoms with van der Waals surface area (Å²) in [5.41, 5.74) is 9.39. The Hall–Kier alpha value is -1.85. The molecular weight excluding hydrogens is 240 g/mol. The second-order valence-electron chi connectivity index (χ2n) is 4.79. The molecule has 5 heteroatoms. The van der Waals surface area contributed by atoms with Crippen LogP contribution in [0, 0.1) is 6.92 Å². The fourth-order valence-electron chi connectivity index (χ4n) is 1.95. The van der Waals surface area contributed by atoms with Gasteiger partial charge in [0.25, 0.3) is 0 Å². The number of H-pyrrole nitrogens is 1. The predicted octanol–water partition coefficient (Wildman–Crippen LogP) is 1.44. The maximum atomic E-state index is 9.71. The molecule has 0 bridgehead atoms. The molecule has 1 unspecified atom stereocenters. The highest BCUT2D eigenvalue weighted by molar-refractivity contribution is 5.65. The van der Waals surface area contributed by atoms with Crippen LogP contribution in [0.2, 0.25) is 0 Å². The van der Waals surface area contributed by atoms with Gasteiger partial charge in [-0.2, -0.15) is 0 Å². The normalized spacial score (nSPS) is 12.5. The van der Waals surface area contributed by atoms with Gasteiger partial charge in [-0.05, 0) is 19.1 Å². The van der Waals surface area contributed by atoms with Crippen molar-refractivity contribution in [3.63, 3.8) is 0 Å². The van der Waals surface area contributed by atoms with Crippen molar-refractivity contribution in [3.05, 3.63) is 35.8 Å². The zero-order valence-corrected chi connectivity index (χ0v) is 11.5. The Balaban J connectivity index is 2.33. The van der Waals surface area contributed by atoms with Gasteiger partial charge in [0.1, 0.15) is 11.9 Å². The fraction of sp³-hybridized carbons (Fsp3) is 0.357. The maximum absolute atomic E-state index is 9.71. The molecule has 0 aliphatic rings. The van der Waals surface area contributed by atoms with E-state index in [-0.39, 0.29) is 6.54 Å². The molecular formula is C14H20N4O. The quantitative estimate of drug-likeness (QED) is 0.777. The molecule has 0 fully saturated rings. The van der Waals surface area contributed by atoms with E-state index >= 15 is 0 Å². The summed E-state index contributed by atoms with van der Waals surface area (Å²) in [6.45, 7) is 2.10. The summed E-state index contributed by atoms with van der Waals surface area (Å²) in [7, 11) is 4.01. The Kier molecular flexibility index (Phi) is 3.87. The first-order chi connectivity index (χ1) is 9.02. The predicted molar refractivity (Wildman–Crippen MR) is 77.1 cm³/mol. The van der Waals surface area contributed by atoms with E-state index < -0.39 is 6.10 Å². The number of anilines is 1. The number of nitrogens with one attached hydrogen (secondary N) is 1. The molecule has 4 N–H and O–H groups in total. The van der Waals surface area contributed by atoms with Crippen molar-refractivity contribution in [2.45, 2.75) is 13.0 Å². The van der Waals surface area contributed by atoms with Crippen molar-refractivity contribution < 1.29 is 5.11 Å². The summed E-state index contributed by atoms with van der Waals surface area (Å²) in [4.78, 5) is 9.55. The standard InChI is InChI=1S/C14H20N4O/c1-9-13(17-14(16-9)12(19)8-15)10-4-6-11(7-5-10)18(2)3/h4-7,12,19H,8,15H2,1-3H3,(H,16,17). The number of imidazole rings is 1. The van der Waals surface area contributed by atoms with Crippen LogP contribution in [-0.4, -0.2) is 35.7 Å². The van der Waals surface area contributed by atoms with Crippen LogP contribution < -0.4 is 10.6 Å². The van der Waals surface area contributed by atoms with Gasteiger partial charge in [-0.15, -0.1) is 0 Å². The smallest absolute Gasteiger partial charge is 0.137 e. The number of benzene rings is 1. The molecule has 2 rings (SSSR count). The van der Waals surface area contributed by atoms with Gasteiger partial charge in [-0.3, -0.25) is 0 Å². The van der Waals surface area contributed by atoms with Gasteiger partial charge in [0.15, 0.2) is 0 Å². The SMILES string of the molecule is Cc1[nH]c(C(O)CN)nc1-c1ccc(N(C)C)cc1. The lowest BCUT2D eigenvalue weighted by Crippen LogP contribution is -2.12. The molecule has 0 radical (unpaired) electrons. The van der Waals surface area contributed by atoms with Gasteiger partial charge in [-0.1, -0.05) is 12.1 Å². The second-order valence-corrected chi connectivity index (χ2v) is 4.79. The number of aromatic nitrogens is 2. The van der Waals surface area contributed by atoms with Crippen molar-refractivity contribution >= 4 is 5.69 Å². The molecule has 102 valence electrons. The van der Waals surface area contributed by atoms with Crippen molar-refractivity contribution in [2.75, 3.05) is 25.5 Å². The minimum absolute atomic E-state index is 0.159. The van der Waals surface area contributed by atoms with Gasteiger partial charge >= 0.3 is 0 Å². The first-order valence-electron chi connectivity index (χ1n) is 6.25. The number of nitrogens with zero attached hydrogens (tertiary/aromatic N) is 2. The lowest BCUT2D eigenvalue weighted by molar-refractivity contribution is 0.177. The van der Waals surface area contributed by atoms with E-state index in [0.717, 1.165) is 22.6 Å². The molecule has 0 amide bonds. The molecule has 1 heterocycles. The topological polar surface area (TPSA) is 78.2 Å². The number of aliphatic hydroxyl groups is 1. The van der Waals surface area contributed by atoms with E-state index in [1.807, 2.05) is 50.2 Å². The summed E-state index contributed by atoms with van der Waals surface area (Å²) in [5, 5.41) is 9.71. The Morgan fingerprint density at radius 2 is 1.95 bits per heavy atom. The third-order valence-electron chi connectivity index (χ3n) is 3.10. The Morgan fingerprint density at radius 3 is 2.47 bits per heavy atom. The third-order valence-corrected chi connectivity index (χ3v) is 3.10. The summed E-state index contributed by atoms with van der Waals surface area (Å²) in [6, 6.07) is 8.14. The molecule has 0 saturated carbocycles. The van der Waals surface area contributed by atoms with Crippen LogP contribution in [0.15, 0.2) is 24.3 Å². The van der Waals surface area contributed by atoms with Crippen LogP contribution in [0.1, 0.15) is 17.6 Å². The Bertz CT molecular complexity index is 545. The fourth-order valence-corrected chi connectivity index (χ4v) is 1.95. The molecule has 2 aromatic rings. The first-order valence-corrected chi connectivity index (χ1v) is 6.25. The highest BCUT2D eigenvalue weighted by atomic mass is 16.3. The molecule has 19 heavy (non-hydrogen) atoms. The highest BCUT2D eigenvalue weighted by Crippen LogP contribution is 2.25. The zero-order valence-electron chi connectivity index (χ0n) is 11.5. The molecule has 1 aromatic carbocycles. The van der Waals surface area contributed by atoms with Crippen LogP contribution >= 0.6 is 0 Å². The third kappa shape index (κ3) is 2.77. The van der Waals surface area contributed by atoms with Crippen molar-refractivity contribution in [2.24, 2.45) is 5.73 Å². The molecule has 1 aromatic heterocycles. The van der Waals surface area contributed by atoms with Gasteiger partial charge in [0.05, 0.1) is 5.69 Å². The van der Waals surface area contributed by atoms with E-state index in [2.05, 4.69) is 9.97 Å². The van der Waals surface area contributed by atoms with Gasteiger partial charge in [0, 0.05) is 37.6 Å². The van der Waals surface area contributed by atoms with Crippen LogP contribution in [0.4, 0.5) is 5.69 Å². The first kappa shape index (κ1) is 13.6. The largest absolute Gasteiger partial charge is 0.384 e. The van der Waals surface area contributed by atoms with Gasteiger partial charge in [0.2, 0.25) is 0 Å². The summed E-state index contributed by atoms with van der Waals surface area (Å²) in [6.07, 6.45) is -0.742. The summed E-state index contributed by atoms with van der Waals surface area (Å²) in [5.74, 6) is 0.520. The lowest BCUT2D eigenvalue weighted by Gasteiger charge is -2.12. The molecule has 1 atom stereocenters. The number of hydrogen-bond acceptors (Lipinski definition) is 4. The Labute approximate surface area is 113 Å². The number of aryl methyl sites for hydroxylation is 1. The summed E-state index contributed by atoms with van der Waals surface area (Å²) >= 11 is 0. The van der Waals surface area contributed by atoms with Crippen LogP contribution in [0.5, 0.6) is 0 Å². The van der Waals surface area contributed by atoms with Crippen LogP contribution in [-0.2, 0) is 0 Å². The number of rotatable bonds is 4. The molecule has 0 aliphatic carbocycles. The van der Waals surface area contributed by atoms with Crippen LogP contribution in [0.25, 0.3) is 11.3 Å². The number of hydrogen-bond donors (Lipinski definition) is 3. The monoisotopic (exact) mass is 260 g/mol. The number of nitrogens with two attached hydrogens (primary N) is 1. The van der Waals surface area contributed by atoms with Crippen molar-refractivity contribution in [3.8, 4) is 11.3 Å². The zero-order chi connectivity index (χ0) is 14.0. The minimum Gasteiger partial charge on any atom is -0.384 e. The number of aliphatic hydroxyl groups excluding tert-OH is 1. The number of aromatic amines is 1. The van der Waals surface area contributed by atoms with E-state index in [9.17, 15) is 5.11 Å². The second kappa shape index (κ2) is 5.42. The maximum Gasteiger partial charge on any atom is 0.137 e. The highest BCUT2D eigenvalue weighted by Gasteiger charge is 2.14. The van der Waals surface area contributed by atoms with E-state index in [0.29, 0.717) is 5.82 Å². The van der Waals surface area contributed by atoms with Crippen molar-refractivity contribution in [1.82, 2.24) is 9.97 Å². The average Bonchev–Trinajstić information content (AvgIpc) is 2.80. The van der Waals surface area contributed by atoms with Crippen LogP contribution in [0.3, 0.4) is 0 Å². The summed E-state index contributed by atoms with van der Waals surface area (Å²) < 4.78 is 0. The molecule has 0 spiro atoms. The molecule has 5 nitrogen and oxygen atoms in total. The molecule has 0 saturated heterocycles. The van der Waals surface area contributed by atoms with E-state index in [1.165, 1.54) is 0 Å². The minimum atomic E-state index is -0.742. The van der Waals surface area contributed by atoms with E-state index in [1.54, 1.807) is 0 Å². The van der Waals surface area contributed by atoms with Gasteiger partial charge < -0.3 is 20.7 Å². The van der Waals surface area contributed by atoms with E-state index in [4.69, 9.17) is 5.73 Å². The molecule has 0 aliphatic heterocycles. The van der Waals surface area contributed by atoms with Gasteiger partial charge in [-0.25, -0.2) is 4.98 Å².